The van der Waals surface area contributed by atoms with Crippen molar-refractivity contribution in [2.75, 3.05) is 11.1 Å². The Bertz CT molecular complexity index is 596. The number of pyridine rings is 1. The number of anilines is 3. The summed E-state index contributed by atoms with van der Waals surface area (Å²) in [5.41, 5.74) is 4.57. The molecule has 0 fully saturated rings. The summed E-state index contributed by atoms with van der Waals surface area (Å²) in [4.78, 5) is 3.72. The molecule has 0 aliphatic rings. The molecule has 0 aliphatic heterocycles. The molecule has 1 aromatic carbocycles. The number of rotatable bonds is 2. The van der Waals surface area contributed by atoms with Crippen LogP contribution in [0.3, 0.4) is 0 Å². The second-order valence-electron chi connectivity index (χ2n) is 3.79. The van der Waals surface area contributed by atoms with Crippen LogP contribution in [-0.4, -0.2) is 4.98 Å². The van der Waals surface area contributed by atoms with Gasteiger partial charge in [-0.3, -0.25) is 0 Å². The van der Waals surface area contributed by atoms with E-state index in [0.717, 1.165) is 6.07 Å². The van der Waals surface area contributed by atoms with Crippen LogP contribution in [0.15, 0.2) is 36.5 Å². The molecule has 0 amide bonds. The molecule has 0 saturated carbocycles. The van der Waals surface area contributed by atoms with Crippen molar-refractivity contribution in [3.8, 4) is 0 Å². The lowest BCUT2D eigenvalue weighted by atomic mass is 10.2. The van der Waals surface area contributed by atoms with Crippen LogP contribution in [0.5, 0.6) is 0 Å². The summed E-state index contributed by atoms with van der Waals surface area (Å²) >= 11 is 0. The molecule has 0 saturated heterocycles. The smallest absolute Gasteiger partial charge is 0.384 e. The van der Waals surface area contributed by atoms with Gasteiger partial charge in [0, 0.05) is 18.0 Å². The van der Waals surface area contributed by atoms with Gasteiger partial charge in [-0.1, -0.05) is 0 Å². The van der Waals surface area contributed by atoms with Crippen LogP contribution < -0.4 is 11.1 Å². The Balaban J connectivity index is 2.34. The Labute approximate surface area is 106 Å². The fourth-order valence-electron chi connectivity index (χ4n) is 1.48. The molecule has 3 N–H and O–H groups in total. The Morgan fingerprint density at radius 2 is 1.84 bits per heavy atom. The van der Waals surface area contributed by atoms with Crippen LogP contribution in [0.2, 0.25) is 0 Å². The summed E-state index contributed by atoms with van der Waals surface area (Å²) in [5, 5.41) is 2.53. The number of hydrogen-bond donors (Lipinski definition) is 2. The van der Waals surface area contributed by atoms with E-state index < -0.39 is 17.6 Å². The molecule has 3 nitrogen and oxygen atoms in total. The predicted octanol–water partition coefficient (Wildman–Crippen LogP) is 3.57. The van der Waals surface area contributed by atoms with E-state index in [1.807, 2.05) is 0 Å². The third kappa shape index (κ3) is 3.12. The second kappa shape index (κ2) is 4.75. The Morgan fingerprint density at radius 1 is 1.11 bits per heavy atom. The molecule has 2 rings (SSSR count). The van der Waals surface area contributed by atoms with Crippen molar-refractivity contribution >= 4 is 17.2 Å². The van der Waals surface area contributed by atoms with Crippen LogP contribution in [-0.2, 0) is 6.18 Å². The first-order chi connectivity index (χ1) is 8.86. The molecular formula is C12H9F4N3. The minimum absolute atomic E-state index is 0.178. The van der Waals surface area contributed by atoms with E-state index in [4.69, 9.17) is 5.73 Å². The molecule has 0 radical (unpaired) electrons. The zero-order valence-corrected chi connectivity index (χ0v) is 9.50. The van der Waals surface area contributed by atoms with Gasteiger partial charge in [-0.2, -0.15) is 13.2 Å². The highest BCUT2D eigenvalue weighted by molar-refractivity contribution is 5.63. The highest BCUT2D eigenvalue weighted by Crippen LogP contribution is 2.32. The maximum Gasteiger partial charge on any atom is 0.416 e. The van der Waals surface area contributed by atoms with Crippen molar-refractivity contribution < 1.29 is 17.6 Å². The van der Waals surface area contributed by atoms with Crippen molar-refractivity contribution in [3.63, 3.8) is 0 Å². The number of nitrogens with two attached hydrogens (primary N) is 1. The Morgan fingerprint density at radius 3 is 2.47 bits per heavy atom. The Hall–Kier alpha value is -2.31. The molecule has 2 aromatic rings. The quantitative estimate of drug-likeness (QED) is 0.821. The third-order valence-electron chi connectivity index (χ3n) is 2.35. The van der Waals surface area contributed by atoms with E-state index in [9.17, 15) is 17.6 Å². The first-order valence-corrected chi connectivity index (χ1v) is 5.21. The van der Waals surface area contributed by atoms with Crippen molar-refractivity contribution in [3.05, 3.63) is 47.9 Å². The number of aromatic nitrogens is 1. The summed E-state index contributed by atoms with van der Waals surface area (Å²) in [5.74, 6) is -0.610. The molecular weight excluding hydrogens is 262 g/mol. The topological polar surface area (TPSA) is 50.9 Å². The van der Waals surface area contributed by atoms with E-state index in [0.29, 0.717) is 17.8 Å². The summed E-state index contributed by atoms with van der Waals surface area (Å²) in [6.45, 7) is 0. The minimum Gasteiger partial charge on any atom is -0.384 e. The molecule has 1 heterocycles. The van der Waals surface area contributed by atoms with Gasteiger partial charge in [0.15, 0.2) is 0 Å². The minimum atomic E-state index is -4.53. The number of nitrogen functional groups attached to an aromatic ring is 1. The zero-order chi connectivity index (χ0) is 14.0. The molecule has 7 heteroatoms. The van der Waals surface area contributed by atoms with Crippen molar-refractivity contribution in [1.29, 1.82) is 0 Å². The van der Waals surface area contributed by atoms with Crippen LogP contribution >= 0.6 is 0 Å². The first-order valence-electron chi connectivity index (χ1n) is 5.21. The van der Waals surface area contributed by atoms with E-state index in [1.54, 1.807) is 0 Å². The second-order valence-corrected chi connectivity index (χ2v) is 3.79. The van der Waals surface area contributed by atoms with E-state index in [-0.39, 0.29) is 11.5 Å². The van der Waals surface area contributed by atoms with Gasteiger partial charge in [0.25, 0.3) is 0 Å². The number of hydrogen-bond acceptors (Lipinski definition) is 3. The summed E-state index contributed by atoms with van der Waals surface area (Å²) in [7, 11) is 0. The van der Waals surface area contributed by atoms with E-state index in [2.05, 4.69) is 10.3 Å². The van der Waals surface area contributed by atoms with Gasteiger partial charge >= 0.3 is 6.18 Å². The number of halogens is 4. The van der Waals surface area contributed by atoms with Crippen LogP contribution in [0.1, 0.15) is 5.56 Å². The lowest BCUT2D eigenvalue weighted by molar-refractivity contribution is -0.137. The van der Waals surface area contributed by atoms with Crippen molar-refractivity contribution in [1.82, 2.24) is 4.98 Å². The van der Waals surface area contributed by atoms with Crippen LogP contribution in [0, 0.1) is 5.82 Å². The van der Waals surface area contributed by atoms with Crippen molar-refractivity contribution in [2.24, 2.45) is 0 Å². The number of alkyl halides is 3. The molecule has 19 heavy (non-hydrogen) atoms. The molecule has 0 atom stereocenters. The van der Waals surface area contributed by atoms with Gasteiger partial charge in [-0.05, 0) is 24.3 Å². The SMILES string of the molecule is Nc1cc(Nc2cc(C(F)(F)F)ccc2F)ccn1. The monoisotopic (exact) mass is 271 g/mol. The van der Waals surface area contributed by atoms with Crippen molar-refractivity contribution in [2.45, 2.75) is 6.18 Å². The normalized spacial score (nSPS) is 11.4. The highest BCUT2D eigenvalue weighted by atomic mass is 19.4. The molecule has 0 spiro atoms. The largest absolute Gasteiger partial charge is 0.416 e. The van der Waals surface area contributed by atoms with Gasteiger partial charge in [0.1, 0.15) is 11.6 Å². The fourth-order valence-corrected chi connectivity index (χ4v) is 1.48. The number of nitrogens with zero attached hydrogens (tertiary/aromatic N) is 1. The molecule has 0 unspecified atom stereocenters. The van der Waals surface area contributed by atoms with E-state index in [1.165, 1.54) is 18.3 Å². The Kier molecular flexibility index (Phi) is 3.28. The van der Waals surface area contributed by atoms with Gasteiger partial charge in [-0.15, -0.1) is 0 Å². The zero-order valence-electron chi connectivity index (χ0n) is 9.50. The summed E-state index contributed by atoms with van der Waals surface area (Å²) in [6, 6.07) is 5.00. The fraction of sp³-hybridized carbons (Fsp3) is 0.0833. The molecule has 0 aliphatic carbocycles. The lowest BCUT2D eigenvalue weighted by Crippen LogP contribution is -2.06. The van der Waals surface area contributed by atoms with Gasteiger partial charge < -0.3 is 11.1 Å². The van der Waals surface area contributed by atoms with E-state index >= 15 is 0 Å². The number of benzene rings is 1. The van der Waals surface area contributed by atoms with Crippen LogP contribution in [0.4, 0.5) is 34.8 Å². The summed E-state index contributed by atoms with van der Waals surface area (Å²) in [6.07, 6.45) is -3.16. The summed E-state index contributed by atoms with van der Waals surface area (Å²) < 4.78 is 51.0. The number of nitrogens with one attached hydrogen (secondary N) is 1. The standard InChI is InChI=1S/C12H9F4N3/c13-9-2-1-7(12(14,15)16)5-10(9)19-8-3-4-18-11(17)6-8/h1-6H,(H3,17,18,19). The highest BCUT2D eigenvalue weighted by Gasteiger charge is 2.31. The maximum absolute atomic E-state index is 13.5. The molecule has 0 bridgehead atoms. The van der Waals surface area contributed by atoms with Gasteiger partial charge in [0.2, 0.25) is 0 Å². The lowest BCUT2D eigenvalue weighted by Gasteiger charge is -2.11. The average molecular weight is 271 g/mol. The molecule has 100 valence electrons. The third-order valence-corrected chi connectivity index (χ3v) is 2.35. The molecule has 1 aromatic heterocycles. The maximum atomic E-state index is 13.5. The predicted molar refractivity (Wildman–Crippen MR) is 63.3 cm³/mol. The van der Waals surface area contributed by atoms with Crippen LogP contribution in [0.25, 0.3) is 0 Å². The average Bonchev–Trinajstić information content (AvgIpc) is 2.30. The van der Waals surface area contributed by atoms with Gasteiger partial charge in [0.05, 0.1) is 11.3 Å². The van der Waals surface area contributed by atoms with Gasteiger partial charge in [-0.25, -0.2) is 9.37 Å². The first kappa shape index (κ1) is 13.1.